The number of amides is 1. The molecule has 2 aliphatic rings. The number of carbonyl (C=O) groups excluding carboxylic acids is 1. The number of methoxy groups -OCH3 is 1. The Balaban J connectivity index is 1.36. The lowest BCUT2D eigenvalue weighted by Gasteiger charge is -2.36. The quantitative estimate of drug-likeness (QED) is 0.742. The molecule has 166 valence electrons. The molecule has 0 spiro atoms. The van der Waals surface area contributed by atoms with Crippen LogP contribution in [0.3, 0.4) is 0 Å². The van der Waals surface area contributed by atoms with Crippen LogP contribution in [-0.4, -0.2) is 62.9 Å². The van der Waals surface area contributed by atoms with E-state index in [-0.39, 0.29) is 11.9 Å². The first-order chi connectivity index (χ1) is 14.9. The highest BCUT2D eigenvalue weighted by Gasteiger charge is 2.32. The number of rotatable bonds is 6. The zero-order valence-electron chi connectivity index (χ0n) is 18.0. The second-order valence-corrected chi connectivity index (χ2v) is 10.1. The van der Waals surface area contributed by atoms with Crippen molar-refractivity contribution in [3.63, 3.8) is 0 Å². The Morgan fingerprint density at radius 3 is 2.52 bits per heavy atom. The van der Waals surface area contributed by atoms with E-state index < -0.39 is 10.0 Å². The topological polar surface area (TPSA) is 79.0 Å². The second kappa shape index (κ2) is 8.98. The first-order valence-electron chi connectivity index (χ1n) is 10.7. The van der Waals surface area contributed by atoms with Gasteiger partial charge in [0.15, 0.2) is 0 Å². The van der Waals surface area contributed by atoms with Crippen LogP contribution in [0.2, 0.25) is 0 Å². The van der Waals surface area contributed by atoms with Gasteiger partial charge in [-0.3, -0.25) is 9.69 Å². The molecule has 1 atom stereocenters. The van der Waals surface area contributed by atoms with Crippen molar-refractivity contribution in [2.75, 3.05) is 38.6 Å². The summed E-state index contributed by atoms with van der Waals surface area (Å²) in [5, 5.41) is 2.91. The van der Waals surface area contributed by atoms with Gasteiger partial charge in [-0.15, -0.1) is 0 Å². The number of sulfonamides is 1. The molecule has 8 heteroatoms. The molecule has 7 nitrogen and oxygen atoms in total. The summed E-state index contributed by atoms with van der Waals surface area (Å²) in [4.78, 5) is 15.1. The van der Waals surface area contributed by atoms with E-state index in [4.69, 9.17) is 4.74 Å². The summed E-state index contributed by atoms with van der Waals surface area (Å²) in [5.74, 6) is 0.555. The van der Waals surface area contributed by atoms with Crippen LogP contribution < -0.4 is 10.1 Å². The SMILES string of the molecule is COc1cccc(NC(=O)[C@H](C)N2CCN(S(=O)(=O)c3ccc4c(c3)CCC4)CC2)c1. The van der Waals surface area contributed by atoms with Gasteiger partial charge in [0, 0.05) is 37.9 Å². The van der Waals surface area contributed by atoms with Gasteiger partial charge in [0.05, 0.1) is 18.0 Å². The zero-order chi connectivity index (χ0) is 22.0. The normalized spacial score (nSPS) is 18.4. The van der Waals surface area contributed by atoms with Crippen LogP contribution in [0, 0.1) is 0 Å². The van der Waals surface area contributed by atoms with Gasteiger partial charge in [0.2, 0.25) is 15.9 Å². The number of benzene rings is 2. The third-order valence-corrected chi connectivity index (χ3v) is 8.14. The molecule has 2 aromatic carbocycles. The number of carbonyl (C=O) groups is 1. The number of ether oxygens (including phenoxy) is 1. The summed E-state index contributed by atoms with van der Waals surface area (Å²) in [5.41, 5.74) is 3.09. The predicted molar refractivity (Wildman–Crippen MR) is 120 cm³/mol. The largest absolute Gasteiger partial charge is 0.497 e. The molecule has 1 heterocycles. The number of anilines is 1. The third-order valence-electron chi connectivity index (χ3n) is 6.25. The average molecular weight is 444 g/mol. The Labute approximate surface area is 184 Å². The summed E-state index contributed by atoms with van der Waals surface area (Å²) in [6.07, 6.45) is 3.07. The van der Waals surface area contributed by atoms with Crippen LogP contribution >= 0.6 is 0 Å². The fourth-order valence-electron chi connectivity index (χ4n) is 4.30. The van der Waals surface area contributed by atoms with Crippen LogP contribution in [0.25, 0.3) is 0 Å². The van der Waals surface area contributed by atoms with Crippen molar-refractivity contribution in [2.24, 2.45) is 0 Å². The highest BCUT2D eigenvalue weighted by atomic mass is 32.2. The maximum Gasteiger partial charge on any atom is 0.243 e. The van der Waals surface area contributed by atoms with E-state index in [0.29, 0.717) is 42.5 Å². The fourth-order valence-corrected chi connectivity index (χ4v) is 5.78. The lowest BCUT2D eigenvalue weighted by Crippen LogP contribution is -2.53. The standard InChI is InChI=1S/C23H29N3O4S/c1-17(23(27)24-20-7-4-8-21(16-20)30-2)25-11-13-26(14-12-25)31(28,29)22-10-9-18-5-3-6-19(18)15-22/h4,7-10,15-17H,3,5-6,11-14H2,1-2H3,(H,24,27)/t17-/m0/s1. The zero-order valence-corrected chi connectivity index (χ0v) is 18.8. The van der Waals surface area contributed by atoms with Crippen molar-refractivity contribution < 1.29 is 17.9 Å². The smallest absolute Gasteiger partial charge is 0.243 e. The molecule has 0 unspecified atom stereocenters. The van der Waals surface area contributed by atoms with Crippen molar-refractivity contribution in [1.29, 1.82) is 0 Å². The molecule has 1 N–H and O–H groups in total. The van der Waals surface area contributed by atoms with Gasteiger partial charge in [0.25, 0.3) is 0 Å². The van der Waals surface area contributed by atoms with Crippen molar-refractivity contribution >= 4 is 21.6 Å². The van der Waals surface area contributed by atoms with Crippen LogP contribution in [0.1, 0.15) is 24.5 Å². The third kappa shape index (κ3) is 4.61. The van der Waals surface area contributed by atoms with Crippen LogP contribution in [0.4, 0.5) is 5.69 Å². The van der Waals surface area contributed by atoms with E-state index in [2.05, 4.69) is 5.32 Å². The number of hydrogen-bond acceptors (Lipinski definition) is 5. The highest BCUT2D eigenvalue weighted by Crippen LogP contribution is 2.27. The molecular weight excluding hydrogens is 414 g/mol. The van der Waals surface area contributed by atoms with Crippen LogP contribution in [0.15, 0.2) is 47.4 Å². The summed E-state index contributed by atoms with van der Waals surface area (Å²) in [6.45, 7) is 3.61. The van der Waals surface area contributed by atoms with Crippen LogP contribution in [0.5, 0.6) is 5.75 Å². The molecule has 31 heavy (non-hydrogen) atoms. The minimum atomic E-state index is -3.52. The van der Waals surface area contributed by atoms with E-state index in [9.17, 15) is 13.2 Å². The number of piperazine rings is 1. The van der Waals surface area contributed by atoms with Crippen LogP contribution in [-0.2, 0) is 27.7 Å². The van der Waals surface area contributed by atoms with E-state index in [1.54, 1.807) is 19.2 Å². The minimum Gasteiger partial charge on any atom is -0.497 e. The average Bonchev–Trinajstić information content (AvgIpc) is 3.27. The Hall–Kier alpha value is -2.42. The molecule has 1 saturated heterocycles. The van der Waals surface area contributed by atoms with Crippen molar-refractivity contribution in [2.45, 2.75) is 37.1 Å². The van der Waals surface area contributed by atoms with E-state index in [0.717, 1.165) is 24.8 Å². The Morgan fingerprint density at radius 2 is 1.77 bits per heavy atom. The van der Waals surface area contributed by atoms with Gasteiger partial charge in [0.1, 0.15) is 5.75 Å². The first kappa shape index (κ1) is 21.8. The number of nitrogens with zero attached hydrogens (tertiary/aromatic N) is 2. The second-order valence-electron chi connectivity index (χ2n) is 8.12. The maximum atomic E-state index is 13.1. The molecule has 0 radical (unpaired) electrons. The molecule has 4 rings (SSSR count). The molecule has 0 bridgehead atoms. The molecule has 0 saturated carbocycles. The molecular formula is C23H29N3O4S. The van der Waals surface area contributed by atoms with Crippen molar-refractivity contribution in [3.05, 3.63) is 53.6 Å². The molecule has 1 fully saturated rings. The summed E-state index contributed by atoms with van der Waals surface area (Å²) in [6, 6.07) is 12.4. The molecule has 2 aromatic rings. The minimum absolute atomic E-state index is 0.122. The monoisotopic (exact) mass is 443 g/mol. The molecule has 1 aliphatic carbocycles. The molecule has 1 amide bonds. The predicted octanol–water partition coefficient (Wildman–Crippen LogP) is 2.52. The first-order valence-corrected chi connectivity index (χ1v) is 12.1. The maximum absolute atomic E-state index is 13.1. The van der Waals surface area contributed by atoms with Gasteiger partial charge in [-0.05, 0) is 61.6 Å². The van der Waals surface area contributed by atoms with Gasteiger partial charge in [-0.1, -0.05) is 12.1 Å². The van der Waals surface area contributed by atoms with E-state index in [1.165, 1.54) is 9.87 Å². The van der Waals surface area contributed by atoms with Gasteiger partial charge in [-0.25, -0.2) is 8.42 Å². The van der Waals surface area contributed by atoms with Crippen molar-refractivity contribution in [1.82, 2.24) is 9.21 Å². The number of nitrogens with one attached hydrogen (secondary N) is 1. The molecule has 1 aliphatic heterocycles. The summed E-state index contributed by atoms with van der Waals surface area (Å²) < 4.78 is 33.0. The van der Waals surface area contributed by atoms with E-state index >= 15 is 0 Å². The number of fused-ring (bicyclic) bond motifs is 1. The number of hydrogen-bond donors (Lipinski definition) is 1. The lowest BCUT2D eigenvalue weighted by molar-refractivity contribution is -0.121. The Kier molecular flexibility index (Phi) is 6.31. The number of aryl methyl sites for hydroxylation is 2. The fraction of sp³-hybridized carbons (Fsp3) is 0.435. The van der Waals surface area contributed by atoms with Gasteiger partial charge < -0.3 is 10.1 Å². The van der Waals surface area contributed by atoms with Crippen molar-refractivity contribution in [3.8, 4) is 5.75 Å². The highest BCUT2D eigenvalue weighted by molar-refractivity contribution is 7.89. The summed E-state index contributed by atoms with van der Waals surface area (Å²) in [7, 11) is -1.93. The molecule has 0 aromatic heterocycles. The van der Waals surface area contributed by atoms with E-state index in [1.807, 2.05) is 42.2 Å². The Bertz CT molecular complexity index is 1060. The van der Waals surface area contributed by atoms with Gasteiger partial charge in [-0.2, -0.15) is 4.31 Å². The summed E-state index contributed by atoms with van der Waals surface area (Å²) >= 11 is 0. The Morgan fingerprint density at radius 1 is 1.03 bits per heavy atom. The van der Waals surface area contributed by atoms with Gasteiger partial charge >= 0.3 is 0 Å². The lowest BCUT2D eigenvalue weighted by atomic mass is 10.1.